The van der Waals surface area contributed by atoms with Gasteiger partial charge in [0.15, 0.2) is 11.4 Å². The molecule has 1 aliphatic carbocycles. The van der Waals surface area contributed by atoms with Gasteiger partial charge in [-0.05, 0) is 166 Å². The number of rotatable bonds is 14. The number of carboxylic acids is 1. The summed E-state index contributed by atoms with van der Waals surface area (Å²) < 4.78 is 5.56. The van der Waals surface area contributed by atoms with Gasteiger partial charge in [-0.15, -0.1) is 0 Å². The molecule has 8 N–H and O–H groups in total. The van der Waals surface area contributed by atoms with Crippen molar-refractivity contribution in [3.8, 4) is 17.4 Å². The van der Waals surface area contributed by atoms with E-state index in [1.165, 1.54) is 34.0 Å². The van der Waals surface area contributed by atoms with Crippen LogP contribution in [0.3, 0.4) is 0 Å². The minimum atomic E-state index is -1.29. The van der Waals surface area contributed by atoms with Gasteiger partial charge in [-0.2, -0.15) is 45.8 Å². The Morgan fingerprint density at radius 3 is 1.67 bits per heavy atom. The molecule has 0 bridgehead atoms. The van der Waals surface area contributed by atoms with Crippen LogP contribution in [0.2, 0.25) is 39.3 Å². The number of aromatic nitrogens is 4. The quantitative estimate of drug-likeness (QED) is 0.0258. The third-order valence-electron chi connectivity index (χ3n) is 14.8. The van der Waals surface area contributed by atoms with Crippen LogP contribution in [0.15, 0.2) is 206 Å². The van der Waals surface area contributed by atoms with E-state index in [0.29, 0.717) is 56.6 Å². The van der Waals surface area contributed by atoms with Crippen molar-refractivity contribution in [2.75, 3.05) is 21.8 Å². The molecule has 16 nitrogen and oxygen atoms in total. The van der Waals surface area contributed by atoms with Crippen LogP contribution in [0.25, 0.3) is 16.2 Å². The second-order valence-corrected chi connectivity index (χ2v) is 34.6. The molecule has 1 aliphatic rings. The van der Waals surface area contributed by atoms with Crippen LogP contribution in [0.1, 0.15) is 112 Å². The minimum Gasteiger partial charge on any atom is -1.00 e. The number of carbonyl (C=O) groups is 3. The molecule has 1 amide bonds. The van der Waals surface area contributed by atoms with Gasteiger partial charge in [0.1, 0.15) is 40.7 Å². The fourth-order valence-electron chi connectivity index (χ4n) is 10.3. The molecular weight excluding hydrogens is 1310 g/mol. The summed E-state index contributed by atoms with van der Waals surface area (Å²) in [6.45, 7) is 32.0. The molecule has 10 aromatic rings. The molecule has 2 aromatic heterocycles. The molecule has 11 rings (SSSR count). The average Bonchev–Trinajstić information content (AvgIpc) is 1.29. The number of carboxylic acid groups (broad SMARTS) is 1. The van der Waals surface area contributed by atoms with E-state index in [-0.39, 0.29) is 51.6 Å². The van der Waals surface area contributed by atoms with E-state index in [0.717, 1.165) is 57.7 Å². The summed E-state index contributed by atoms with van der Waals surface area (Å²) in [5, 5.41) is 50.4. The van der Waals surface area contributed by atoms with Crippen molar-refractivity contribution < 1.29 is 46.7 Å². The number of nitriles is 1. The topological polar surface area (TPSA) is 243 Å². The van der Waals surface area contributed by atoms with Crippen molar-refractivity contribution in [2.45, 2.75) is 99.0 Å². The number of nitrogens with zero attached hydrogens (tertiary/aromatic N) is 7. The number of nitrogen functional groups attached to an aromatic ring is 1. The zero-order valence-corrected chi connectivity index (χ0v) is 61.5. The van der Waals surface area contributed by atoms with Crippen molar-refractivity contribution in [2.24, 2.45) is 11.7 Å². The molecular formula is C76H85BrMgN10O6Si2. The van der Waals surface area contributed by atoms with Crippen LogP contribution < -0.4 is 38.0 Å². The molecule has 1 saturated carbocycles. The largest absolute Gasteiger partial charge is 2.00 e. The maximum Gasteiger partial charge on any atom is 2.00 e. The summed E-state index contributed by atoms with van der Waals surface area (Å²) in [6, 6.07) is 67.9. The fraction of sp³-hybridized carbons (Fsp3) is 0.224. The van der Waals surface area contributed by atoms with Gasteiger partial charge in [0.2, 0.25) is 0 Å². The maximum absolute atomic E-state index is 13.1. The van der Waals surface area contributed by atoms with E-state index >= 15 is 0 Å². The van der Waals surface area contributed by atoms with E-state index in [9.17, 15) is 24.6 Å². The van der Waals surface area contributed by atoms with Crippen LogP contribution in [0, 0.1) is 64.5 Å². The summed E-state index contributed by atoms with van der Waals surface area (Å²) in [5.41, 5.74) is 24.6. The Bertz CT molecular complexity index is 4230. The molecule has 8 aromatic carbocycles. The second-order valence-electron chi connectivity index (χ2n) is 24.6. The predicted octanol–water partition coefficient (Wildman–Crippen LogP) is 12.5. The van der Waals surface area contributed by atoms with Gasteiger partial charge >= 0.3 is 29.0 Å². The molecule has 96 heavy (non-hydrogen) atoms. The number of aliphatic hydroxyl groups excluding tert-OH is 2. The number of hydrogen-bond donors (Lipinski definition) is 6. The number of aromatic carboxylic acids is 1. The first kappa shape index (κ1) is 79.4. The minimum absolute atomic E-state index is 0. The van der Waals surface area contributed by atoms with Crippen LogP contribution >= 0.6 is 0 Å². The maximum atomic E-state index is 13.1. The molecule has 0 spiro atoms. The van der Waals surface area contributed by atoms with E-state index < -0.39 is 34.6 Å². The van der Waals surface area contributed by atoms with Crippen LogP contribution in [0.4, 0.5) is 22.7 Å². The van der Waals surface area contributed by atoms with E-state index in [4.69, 9.17) is 28.4 Å². The van der Waals surface area contributed by atoms with Gasteiger partial charge < -0.3 is 53.3 Å². The molecule has 1 fully saturated rings. The normalized spacial score (nSPS) is 11.7. The molecule has 0 aliphatic heterocycles. The summed E-state index contributed by atoms with van der Waals surface area (Å²) in [7, 11) is -2.58. The average molecular weight is 1390 g/mol. The Morgan fingerprint density at radius 1 is 0.688 bits per heavy atom. The number of nitrogens with two attached hydrogens (primary N) is 2. The number of anilines is 3. The van der Waals surface area contributed by atoms with Crippen molar-refractivity contribution >= 4 is 80.4 Å². The number of aryl methyl sites for hydroxylation is 5. The first-order chi connectivity index (χ1) is 44.8. The van der Waals surface area contributed by atoms with Crippen molar-refractivity contribution in [3.63, 3.8) is 0 Å². The molecule has 2 unspecified atom stereocenters. The Labute approximate surface area is 594 Å². The number of halogens is 1. The number of aliphatic hydroxyl groups is 2. The standard InChI is InChI=1S/C26H22N4O2.C14H15NO.C12H9N3O2.C12H22NSi2.C8H8O.C4H9N.BrH.Mg/c1-17-8-4-5-13-23(17)25(31)19-9-6-11-21(15-19)28-26(32)24-14-18(2)29-30(24)22-12-7-10-20(16-22)27-3;1-10-5-2-3-8-13(10)14(16)11-6-4-7-12(15)9-11;1-8-5-11(12(16)17)15(14-8)10-4-2-3-9(6-10)7-13;1-14(2,3)13(15(4,5)6)12-10-8-7-9-11-12;1-7-4-2-3-5-8(7)6-9;5-3-4-1-2-4;;/h4-16,25,31H,1-2H3,(H,28,32);2-9,14,16H,15H2,1H3;2-6H,1H3,(H,16,17);7-8,10-11H,1-6H3;2-6H,1H3;4H,1-3,5H2;1H;/q;;;-1;;;;+2/p-1. The van der Waals surface area contributed by atoms with Crippen molar-refractivity contribution in [1.82, 2.24) is 19.6 Å². The Hall–Kier alpha value is -9.07. The third-order valence-corrected chi connectivity index (χ3v) is 22.1. The van der Waals surface area contributed by atoms with Crippen LogP contribution in [0.5, 0.6) is 0 Å². The van der Waals surface area contributed by atoms with Gasteiger partial charge in [-0.25, -0.2) is 19.0 Å². The zero-order chi connectivity index (χ0) is 68.7. The molecule has 0 saturated heterocycles. The van der Waals surface area contributed by atoms with Gasteiger partial charge in [0.05, 0.1) is 41.0 Å². The Kier molecular flexibility index (Phi) is 31.3. The Balaban J connectivity index is 0.000000263. The number of nitrogens with one attached hydrogen (secondary N) is 1. The third kappa shape index (κ3) is 23.7. The second kappa shape index (κ2) is 37.9. The van der Waals surface area contributed by atoms with Crippen LogP contribution in [-0.2, 0) is 0 Å². The van der Waals surface area contributed by atoms with Gasteiger partial charge in [0, 0.05) is 16.9 Å². The van der Waals surface area contributed by atoms with Crippen molar-refractivity contribution in [3.05, 3.63) is 297 Å². The van der Waals surface area contributed by atoms with Gasteiger partial charge in [0.25, 0.3) is 5.91 Å². The summed E-state index contributed by atoms with van der Waals surface area (Å²) in [4.78, 5) is 37.8. The summed E-state index contributed by atoms with van der Waals surface area (Å²) >= 11 is 0. The molecule has 492 valence electrons. The van der Waals surface area contributed by atoms with Gasteiger partial charge in [-0.3, -0.25) is 9.59 Å². The number of hydrogen-bond acceptors (Lipinski definition) is 11. The predicted molar refractivity (Wildman–Crippen MR) is 389 cm³/mol. The zero-order valence-electron chi connectivity index (χ0n) is 56.5. The molecule has 20 heteroatoms. The number of carbonyl (C=O) groups excluding carboxylic acids is 2. The van der Waals surface area contributed by atoms with E-state index in [2.05, 4.69) is 88.1 Å². The van der Waals surface area contributed by atoms with Gasteiger partial charge in [-0.1, -0.05) is 160 Å². The Morgan fingerprint density at radius 2 is 1.20 bits per heavy atom. The van der Waals surface area contributed by atoms with E-state index in [1.54, 1.807) is 85.8 Å². The van der Waals surface area contributed by atoms with Crippen LogP contribution in [-0.4, -0.2) is 99.1 Å². The smallest absolute Gasteiger partial charge is 1.00 e. The van der Waals surface area contributed by atoms with E-state index in [1.807, 2.05) is 137 Å². The first-order valence-electron chi connectivity index (χ1n) is 30.8. The summed E-state index contributed by atoms with van der Waals surface area (Å²) in [5.74, 6) is -0.468. The molecule has 2 heterocycles. The monoisotopic (exact) mass is 1390 g/mol. The molecule has 2 atom stereocenters. The number of aldehydes is 1. The first-order valence-corrected chi connectivity index (χ1v) is 37.7. The number of amides is 1. The SMILES string of the molecule is C[Si](C)(C)N(c1c[c-]ccc1)[Si](C)(C)C.Cc1cc(C(=O)O)n(-c2cccc(C#N)c2)n1.Cc1ccccc1C(O)c1cccc(N)c1.Cc1ccccc1C=O.NCC1CC1.[Br-].[C-]#[N+]c1cccc(-n2nc(C)cc2C(=O)Nc2cccc(C(O)c3ccccc3C)c2)c1.[Mg+2]. The number of benzene rings is 8. The molecule has 0 radical (unpaired) electrons. The summed E-state index contributed by atoms with van der Waals surface area (Å²) in [6.07, 6.45) is 2.24. The van der Waals surface area contributed by atoms with Crippen molar-refractivity contribution in [1.29, 1.82) is 5.26 Å². The fourth-order valence-corrected chi connectivity index (χ4v) is 20.2.